The lowest BCUT2D eigenvalue weighted by molar-refractivity contribution is -0.117. The first-order chi connectivity index (χ1) is 8.88. The van der Waals surface area contributed by atoms with Crippen LogP contribution in [0.3, 0.4) is 0 Å². The number of Topliss-reactive ketones (excluding diaryl/α,β-unsaturated/α-hetero) is 1. The Labute approximate surface area is 115 Å². The minimum absolute atomic E-state index is 0.0856. The average molecular weight is 263 g/mol. The molecule has 0 aromatic heterocycles. The summed E-state index contributed by atoms with van der Waals surface area (Å²) in [6, 6.07) is 0.259. The molecule has 0 aromatic rings. The van der Waals surface area contributed by atoms with E-state index in [-0.39, 0.29) is 23.5 Å². The van der Waals surface area contributed by atoms with Gasteiger partial charge in [0.05, 0.1) is 5.57 Å². The van der Waals surface area contributed by atoms with Gasteiger partial charge in [-0.3, -0.25) is 9.79 Å². The Morgan fingerprint density at radius 3 is 2.42 bits per heavy atom. The molecule has 0 amide bonds. The van der Waals surface area contributed by atoms with Gasteiger partial charge in [-0.1, -0.05) is 20.8 Å². The number of nitrogens with zero attached hydrogens (tertiary/aromatic N) is 1. The van der Waals surface area contributed by atoms with Crippen LogP contribution in [0.4, 0.5) is 0 Å². The molecule has 2 rings (SSSR count). The molecule has 3 heteroatoms. The van der Waals surface area contributed by atoms with Crippen LogP contribution in [-0.4, -0.2) is 22.6 Å². The van der Waals surface area contributed by atoms with Crippen LogP contribution in [-0.2, 0) is 4.79 Å². The van der Waals surface area contributed by atoms with Gasteiger partial charge in [0.25, 0.3) is 0 Å². The van der Waals surface area contributed by atoms with Crippen molar-refractivity contribution in [2.75, 3.05) is 0 Å². The molecule has 19 heavy (non-hydrogen) atoms. The quantitative estimate of drug-likeness (QED) is 0.826. The summed E-state index contributed by atoms with van der Waals surface area (Å²) in [7, 11) is 0. The van der Waals surface area contributed by atoms with Gasteiger partial charge in [-0.15, -0.1) is 0 Å². The molecule has 0 saturated carbocycles. The number of aliphatic hydroxyl groups excluding tert-OH is 1. The highest BCUT2D eigenvalue weighted by molar-refractivity contribution is 6.23. The highest BCUT2D eigenvalue weighted by atomic mass is 16.3. The van der Waals surface area contributed by atoms with Crippen LogP contribution in [0.2, 0.25) is 0 Å². The molecule has 1 heterocycles. The third-order valence-electron chi connectivity index (χ3n) is 4.36. The zero-order chi connectivity index (χ0) is 14.2. The lowest BCUT2D eigenvalue weighted by Gasteiger charge is -2.29. The van der Waals surface area contributed by atoms with Gasteiger partial charge in [-0.05, 0) is 37.5 Å². The van der Waals surface area contributed by atoms with Crippen LogP contribution in [0.15, 0.2) is 16.3 Å². The Morgan fingerprint density at radius 2 is 1.89 bits per heavy atom. The first-order valence-corrected chi connectivity index (χ1v) is 7.40. The van der Waals surface area contributed by atoms with Gasteiger partial charge in [0, 0.05) is 24.6 Å². The number of carbonyl (C=O) groups excluding carboxylic acids is 1. The summed E-state index contributed by atoms with van der Waals surface area (Å²) in [4.78, 5) is 16.9. The van der Waals surface area contributed by atoms with Crippen molar-refractivity contribution in [3.63, 3.8) is 0 Å². The molecule has 0 fully saturated rings. The molecular weight excluding hydrogens is 238 g/mol. The number of allylic oxidation sites excluding steroid dienone is 2. The molecule has 0 spiro atoms. The summed E-state index contributed by atoms with van der Waals surface area (Å²) in [5, 5.41) is 10.3. The van der Waals surface area contributed by atoms with Crippen LogP contribution in [0, 0.1) is 17.8 Å². The Bertz CT molecular complexity index is 434. The van der Waals surface area contributed by atoms with E-state index in [9.17, 15) is 9.90 Å². The van der Waals surface area contributed by atoms with Gasteiger partial charge in [0.1, 0.15) is 5.76 Å². The summed E-state index contributed by atoms with van der Waals surface area (Å²) in [6.45, 7) is 8.49. The van der Waals surface area contributed by atoms with Crippen molar-refractivity contribution in [3.05, 3.63) is 11.3 Å². The summed E-state index contributed by atoms with van der Waals surface area (Å²) >= 11 is 0. The topological polar surface area (TPSA) is 49.7 Å². The number of aliphatic hydroxyl groups is 1. The Hall–Kier alpha value is -1.12. The van der Waals surface area contributed by atoms with E-state index in [2.05, 4.69) is 32.7 Å². The Balaban J connectivity index is 2.28. The number of hydrogen-bond donors (Lipinski definition) is 1. The molecule has 0 aromatic carbocycles. The molecule has 0 saturated heterocycles. The molecule has 0 radical (unpaired) electrons. The molecule has 3 atom stereocenters. The summed E-state index contributed by atoms with van der Waals surface area (Å²) in [5.41, 5.74) is 1.38. The third kappa shape index (κ3) is 3.07. The van der Waals surface area contributed by atoms with Gasteiger partial charge >= 0.3 is 0 Å². The lowest BCUT2D eigenvalue weighted by Crippen LogP contribution is -2.30. The maximum absolute atomic E-state index is 12.3. The average Bonchev–Trinajstić information content (AvgIpc) is 2.26. The SMILES string of the molecule is CC1CC(C2=C(O)CC(C(C)C)CC2=O)=NC(C)C1. The second-order valence-electron chi connectivity index (χ2n) is 6.63. The third-order valence-corrected chi connectivity index (χ3v) is 4.36. The second-order valence-corrected chi connectivity index (χ2v) is 6.63. The van der Waals surface area contributed by atoms with Crippen molar-refractivity contribution in [2.24, 2.45) is 22.7 Å². The van der Waals surface area contributed by atoms with E-state index >= 15 is 0 Å². The Morgan fingerprint density at radius 1 is 1.21 bits per heavy atom. The van der Waals surface area contributed by atoms with Gasteiger partial charge in [0.15, 0.2) is 5.78 Å². The first-order valence-electron chi connectivity index (χ1n) is 7.40. The monoisotopic (exact) mass is 263 g/mol. The highest BCUT2D eigenvalue weighted by Crippen LogP contribution is 2.34. The zero-order valence-electron chi connectivity index (χ0n) is 12.4. The van der Waals surface area contributed by atoms with Crippen LogP contribution in [0.1, 0.15) is 53.4 Å². The second kappa shape index (κ2) is 5.48. The van der Waals surface area contributed by atoms with Gasteiger partial charge in [-0.2, -0.15) is 0 Å². The van der Waals surface area contributed by atoms with Gasteiger partial charge < -0.3 is 5.11 Å². The number of rotatable bonds is 2. The van der Waals surface area contributed by atoms with E-state index < -0.39 is 0 Å². The predicted molar refractivity (Wildman–Crippen MR) is 77.5 cm³/mol. The van der Waals surface area contributed by atoms with Crippen molar-refractivity contribution in [1.29, 1.82) is 0 Å². The Kier molecular flexibility index (Phi) is 4.12. The largest absolute Gasteiger partial charge is 0.511 e. The molecule has 0 bridgehead atoms. The number of aliphatic imine (C=N–C) groups is 1. The van der Waals surface area contributed by atoms with Crippen molar-refractivity contribution in [1.82, 2.24) is 0 Å². The molecule has 3 unspecified atom stereocenters. The van der Waals surface area contributed by atoms with Gasteiger partial charge in [-0.25, -0.2) is 0 Å². The van der Waals surface area contributed by atoms with E-state index in [4.69, 9.17) is 0 Å². The summed E-state index contributed by atoms with van der Waals surface area (Å²) in [6.07, 6.45) is 3.07. The van der Waals surface area contributed by atoms with Crippen molar-refractivity contribution < 1.29 is 9.90 Å². The van der Waals surface area contributed by atoms with E-state index in [0.29, 0.717) is 30.3 Å². The smallest absolute Gasteiger partial charge is 0.168 e. The molecule has 1 aliphatic carbocycles. The minimum Gasteiger partial charge on any atom is -0.511 e. The highest BCUT2D eigenvalue weighted by Gasteiger charge is 2.33. The van der Waals surface area contributed by atoms with Crippen LogP contribution in [0.25, 0.3) is 0 Å². The van der Waals surface area contributed by atoms with E-state index in [1.165, 1.54) is 0 Å². The molecule has 2 aliphatic rings. The van der Waals surface area contributed by atoms with Crippen LogP contribution in [0.5, 0.6) is 0 Å². The maximum Gasteiger partial charge on any atom is 0.168 e. The van der Waals surface area contributed by atoms with Crippen LogP contribution < -0.4 is 0 Å². The fourth-order valence-electron chi connectivity index (χ4n) is 3.26. The number of ketones is 1. The molecule has 3 nitrogen and oxygen atoms in total. The van der Waals surface area contributed by atoms with Crippen molar-refractivity contribution >= 4 is 11.5 Å². The minimum atomic E-state index is 0.0856. The molecule has 1 aliphatic heterocycles. The number of hydrogen-bond acceptors (Lipinski definition) is 3. The lowest BCUT2D eigenvalue weighted by atomic mass is 9.77. The van der Waals surface area contributed by atoms with Crippen molar-refractivity contribution in [2.45, 2.75) is 59.4 Å². The van der Waals surface area contributed by atoms with E-state index in [1.54, 1.807) is 0 Å². The van der Waals surface area contributed by atoms with E-state index in [1.807, 2.05) is 0 Å². The maximum atomic E-state index is 12.3. The van der Waals surface area contributed by atoms with E-state index in [0.717, 1.165) is 18.6 Å². The summed E-state index contributed by atoms with van der Waals surface area (Å²) < 4.78 is 0. The summed E-state index contributed by atoms with van der Waals surface area (Å²) in [5.74, 6) is 1.60. The van der Waals surface area contributed by atoms with Crippen molar-refractivity contribution in [3.8, 4) is 0 Å². The zero-order valence-corrected chi connectivity index (χ0v) is 12.4. The molecule has 106 valence electrons. The normalized spacial score (nSPS) is 32.8. The first kappa shape index (κ1) is 14.3. The number of carbonyl (C=O) groups is 1. The molecule has 1 N–H and O–H groups in total. The van der Waals surface area contributed by atoms with Crippen LogP contribution >= 0.6 is 0 Å². The fraction of sp³-hybridized carbons (Fsp3) is 0.750. The molecular formula is C16H25NO2. The van der Waals surface area contributed by atoms with Gasteiger partial charge in [0.2, 0.25) is 0 Å². The standard InChI is InChI=1S/C16H25NO2/c1-9(2)12-7-14(18)16(15(19)8-12)13-6-10(3)5-11(4)17-13/h9-12,18H,5-8H2,1-4H3. The predicted octanol–water partition coefficient (Wildman–Crippen LogP) is 3.69. The fourth-order valence-corrected chi connectivity index (χ4v) is 3.26.